The monoisotopic (exact) mass is 795 g/mol. The molecule has 0 N–H and O–H groups in total. The molecule has 12 aromatic rings. The molecule has 0 fully saturated rings. The molecule has 1 aliphatic heterocycles. The summed E-state index contributed by atoms with van der Waals surface area (Å²) in [7, 11) is 0. The van der Waals surface area contributed by atoms with E-state index < -0.39 is 5.41 Å². The molecule has 292 valence electrons. The van der Waals surface area contributed by atoms with E-state index in [-0.39, 0.29) is 0 Å². The van der Waals surface area contributed by atoms with Gasteiger partial charge in [-0.3, -0.25) is 9.30 Å². The molecule has 0 bridgehead atoms. The fraction of sp³-hybridized carbons (Fsp3) is 0.0357. The minimum absolute atomic E-state index is 0.423. The van der Waals surface area contributed by atoms with E-state index >= 15 is 0 Å². The Morgan fingerprint density at radius 3 is 2.05 bits per heavy atom. The van der Waals surface area contributed by atoms with Crippen molar-refractivity contribution >= 4 is 77.4 Å². The number of rotatable bonds is 5. The second kappa shape index (κ2) is 13.1. The molecular formula is C56H37N5O. The number of hydrogen-bond acceptors (Lipinski definition) is 4. The van der Waals surface area contributed by atoms with Crippen molar-refractivity contribution < 1.29 is 4.74 Å². The second-order valence-corrected chi connectivity index (χ2v) is 16.3. The lowest BCUT2D eigenvalue weighted by molar-refractivity contribution is 0.483. The number of anilines is 3. The molecule has 13 rings (SSSR count). The Morgan fingerprint density at radius 1 is 0.500 bits per heavy atom. The van der Waals surface area contributed by atoms with Crippen LogP contribution in [0.4, 0.5) is 17.2 Å². The number of hydrogen-bond donors (Lipinski definition) is 0. The van der Waals surface area contributed by atoms with Crippen molar-refractivity contribution in [3.63, 3.8) is 0 Å². The number of nitrogens with zero attached hydrogens (tertiary/aromatic N) is 5. The minimum atomic E-state index is -0.423. The number of pyridine rings is 2. The molecule has 0 aliphatic carbocycles. The van der Waals surface area contributed by atoms with Crippen molar-refractivity contribution in [2.24, 2.45) is 0 Å². The first-order valence-corrected chi connectivity index (χ1v) is 21.1. The number of benzene rings is 8. The van der Waals surface area contributed by atoms with Gasteiger partial charge in [-0.15, -0.1) is 0 Å². The summed E-state index contributed by atoms with van der Waals surface area (Å²) in [5.41, 5.74) is 12.8. The molecular weight excluding hydrogens is 759 g/mol. The molecule has 0 amide bonds. The lowest BCUT2D eigenvalue weighted by Gasteiger charge is -2.43. The predicted octanol–water partition coefficient (Wildman–Crippen LogP) is 14.2. The van der Waals surface area contributed by atoms with Gasteiger partial charge in [0.05, 0.1) is 39.0 Å². The Morgan fingerprint density at radius 2 is 1.19 bits per heavy atom. The first-order chi connectivity index (χ1) is 30.6. The van der Waals surface area contributed by atoms with Crippen LogP contribution >= 0.6 is 0 Å². The normalized spacial score (nSPS) is 14.9. The van der Waals surface area contributed by atoms with Crippen LogP contribution < -0.4 is 9.64 Å². The summed E-state index contributed by atoms with van der Waals surface area (Å²) in [5.74, 6) is 2.32. The first-order valence-electron chi connectivity index (χ1n) is 21.1. The van der Waals surface area contributed by atoms with Gasteiger partial charge in [-0.2, -0.15) is 0 Å². The highest BCUT2D eigenvalue weighted by Gasteiger charge is 2.42. The molecule has 1 aliphatic rings. The van der Waals surface area contributed by atoms with Crippen LogP contribution in [0.3, 0.4) is 0 Å². The van der Waals surface area contributed by atoms with E-state index in [1.165, 1.54) is 33.0 Å². The van der Waals surface area contributed by atoms with E-state index in [1.54, 1.807) is 0 Å². The third-order valence-electron chi connectivity index (χ3n) is 13.0. The molecule has 8 aromatic carbocycles. The van der Waals surface area contributed by atoms with Gasteiger partial charge in [0, 0.05) is 44.9 Å². The summed E-state index contributed by atoms with van der Waals surface area (Å²) in [6.45, 7) is 2.33. The molecule has 1 unspecified atom stereocenters. The van der Waals surface area contributed by atoms with Crippen LogP contribution in [-0.2, 0) is 5.41 Å². The van der Waals surface area contributed by atoms with Crippen LogP contribution in [0, 0.1) is 0 Å². The Labute approximate surface area is 357 Å². The lowest BCUT2D eigenvalue weighted by atomic mass is 9.67. The number of imidazole rings is 1. The zero-order chi connectivity index (χ0) is 40.9. The SMILES string of the molecule is CC1(c2ccccc2)c2ccccc2N(c2ccccn2)c2cc(Oc3ccc4c(c3)c3nc5ccccc5n3c3c4ccc4c3c3ccccc3n4-c3ccccc3)ccc21. The van der Waals surface area contributed by atoms with E-state index in [9.17, 15) is 0 Å². The number of aromatic nitrogens is 4. The molecule has 4 aromatic heterocycles. The predicted molar refractivity (Wildman–Crippen MR) is 253 cm³/mol. The van der Waals surface area contributed by atoms with Crippen LogP contribution in [0.2, 0.25) is 0 Å². The number of para-hydroxylation sites is 5. The highest BCUT2D eigenvalue weighted by molar-refractivity contribution is 6.26. The van der Waals surface area contributed by atoms with Crippen LogP contribution in [-0.4, -0.2) is 18.9 Å². The van der Waals surface area contributed by atoms with Crippen LogP contribution in [0.25, 0.3) is 65.8 Å². The molecule has 1 atom stereocenters. The van der Waals surface area contributed by atoms with Gasteiger partial charge in [-0.05, 0) is 108 Å². The standard InChI is InChI=1S/C56H37N5O/c1-56(36-16-4-2-5-17-36)44-21-9-12-24-48(44)60(52-26-14-15-33-57-52)51-35-39(28-31-45(51)56)62-38-27-29-40-41-30-32-50-53(42-20-8-11-23-47(42)59(50)37-18-6-3-7-19-37)54(41)61-49-25-13-10-22-46(49)58-55(61)43(40)34-38/h2-35H,1H3. The van der Waals surface area contributed by atoms with Crippen LogP contribution in [0.1, 0.15) is 23.6 Å². The summed E-state index contributed by atoms with van der Waals surface area (Å²) < 4.78 is 11.7. The van der Waals surface area contributed by atoms with Crippen LogP contribution in [0.5, 0.6) is 11.5 Å². The van der Waals surface area contributed by atoms with Crippen molar-refractivity contribution in [2.75, 3.05) is 4.90 Å². The van der Waals surface area contributed by atoms with E-state index in [0.29, 0.717) is 0 Å². The maximum Gasteiger partial charge on any atom is 0.146 e. The lowest BCUT2D eigenvalue weighted by Crippen LogP contribution is -2.34. The molecule has 0 saturated carbocycles. The highest BCUT2D eigenvalue weighted by Crippen LogP contribution is 2.55. The van der Waals surface area contributed by atoms with Crippen molar-refractivity contribution in [3.05, 3.63) is 223 Å². The van der Waals surface area contributed by atoms with E-state index in [0.717, 1.165) is 78.3 Å². The summed E-state index contributed by atoms with van der Waals surface area (Å²) in [6, 6.07) is 70.9. The molecule has 6 nitrogen and oxygen atoms in total. The van der Waals surface area contributed by atoms with E-state index in [4.69, 9.17) is 14.7 Å². The maximum atomic E-state index is 6.93. The van der Waals surface area contributed by atoms with Gasteiger partial charge in [-0.1, -0.05) is 115 Å². The van der Waals surface area contributed by atoms with Gasteiger partial charge in [0.25, 0.3) is 0 Å². The van der Waals surface area contributed by atoms with Gasteiger partial charge in [0.2, 0.25) is 0 Å². The Hall–Kier alpha value is -8.22. The summed E-state index contributed by atoms with van der Waals surface area (Å²) in [6.07, 6.45) is 1.86. The zero-order valence-corrected chi connectivity index (χ0v) is 33.8. The summed E-state index contributed by atoms with van der Waals surface area (Å²) in [5, 5.41) is 5.71. The first kappa shape index (κ1) is 34.6. The van der Waals surface area contributed by atoms with Crippen molar-refractivity contribution in [1.29, 1.82) is 0 Å². The third kappa shape index (κ3) is 4.86. The number of fused-ring (bicyclic) bond motifs is 14. The van der Waals surface area contributed by atoms with E-state index in [2.05, 4.69) is 209 Å². The third-order valence-corrected chi connectivity index (χ3v) is 13.0. The van der Waals surface area contributed by atoms with Crippen molar-refractivity contribution in [2.45, 2.75) is 12.3 Å². The van der Waals surface area contributed by atoms with Gasteiger partial charge in [0.1, 0.15) is 23.0 Å². The molecule has 0 spiro atoms. The van der Waals surface area contributed by atoms with Gasteiger partial charge >= 0.3 is 0 Å². The summed E-state index contributed by atoms with van der Waals surface area (Å²) >= 11 is 0. The van der Waals surface area contributed by atoms with Gasteiger partial charge in [-0.25, -0.2) is 9.97 Å². The fourth-order valence-corrected chi connectivity index (χ4v) is 10.3. The molecule has 62 heavy (non-hydrogen) atoms. The number of ether oxygens (including phenoxy) is 1. The molecule has 0 saturated heterocycles. The minimum Gasteiger partial charge on any atom is -0.457 e. The quantitative estimate of drug-likeness (QED) is 0.163. The topological polar surface area (TPSA) is 47.6 Å². The molecule has 0 radical (unpaired) electrons. The van der Waals surface area contributed by atoms with Crippen molar-refractivity contribution in [3.8, 4) is 17.2 Å². The van der Waals surface area contributed by atoms with Crippen LogP contribution in [0.15, 0.2) is 206 Å². The summed E-state index contributed by atoms with van der Waals surface area (Å²) in [4.78, 5) is 12.5. The smallest absolute Gasteiger partial charge is 0.146 e. The average Bonchev–Trinajstić information content (AvgIpc) is 3.89. The Balaban J connectivity index is 1.02. The Bertz CT molecular complexity index is 3740. The zero-order valence-electron chi connectivity index (χ0n) is 33.8. The van der Waals surface area contributed by atoms with Gasteiger partial charge < -0.3 is 9.30 Å². The highest BCUT2D eigenvalue weighted by atomic mass is 16.5. The maximum absolute atomic E-state index is 6.93. The molecule has 5 heterocycles. The van der Waals surface area contributed by atoms with Gasteiger partial charge in [0.15, 0.2) is 0 Å². The fourth-order valence-electron chi connectivity index (χ4n) is 10.3. The van der Waals surface area contributed by atoms with Crippen molar-refractivity contribution in [1.82, 2.24) is 18.9 Å². The van der Waals surface area contributed by atoms with E-state index in [1.807, 2.05) is 18.3 Å². The largest absolute Gasteiger partial charge is 0.457 e. The molecule has 6 heteroatoms. The Kier molecular flexibility index (Phi) is 7.34. The average molecular weight is 796 g/mol. The second-order valence-electron chi connectivity index (χ2n) is 16.3.